The van der Waals surface area contributed by atoms with Gasteiger partial charge in [0.05, 0.1) is 17.1 Å². The Labute approximate surface area is 197 Å². The molecule has 1 amide bonds. The maximum Gasteiger partial charge on any atom is 0.339 e. The minimum atomic E-state index is -0.444. The fourth-order valence-corrected chi connectivity index (χ4v) is 5.41. The van der Waals surface area contributed by atoms with E-state index in [1.54, 1.807) is 0 Å². The van der Waals surface area contributed by atoms with Crippen LogP contribution in [0.2, 0.25) is 0 Å². The third-order valence-corrected chi connectivity index (χ3v) is 6.97. The lowest BCUT2D eigenvalue weighted by Crippen LogP contribution is -2.34. The van der Waals surface area contributed by atoms with Gasteiger partial charge in [0.25, 0.3) is 5.91 Å². The number of aryl methyl sites for hydroxylation is 1. The van der Waals surface area contributed by atoms with Crippen molar-refractivity contribution in [3.8, 4) is 11.5 Å². The Kier molecular flexibility index (Phi) is 5.32. The lowest BCUT2D eigenvalue weighted by molar-refractivity contribution is -0.135. The molecule has 7 heteroatoms. The zero-order valence-corrected chi connectivity index (χ0v) is 18.9. The number of ether oxygens (including phenoxy) is 3. The Bertz CT molecular complexity index is 1290. The van der Waals surface area contributed by atoms with Gasteiger partial charge in [0.1, 0.15) is 13.2 Å². The zero-order valence-electron chi connectivity index (χ0n) is 18.9. The van der Waals surface area contributed by atoms with Crippen LogP contribution < -0.4 is 9.47 Å². The molecule has 0 bridgehead atoms. The van der Waals surface area contributed by atoms with E-state index in [2.05, 4.69) is 0 Å². The fraction of sp³-hybridized carbons (Fsp3) is 0.370. The van der Waals surface area contributed by atoms with E-state index in [-0.39, 0.29) is 18.6 Å². The van der Waals surface area contributed by atoms with Crippen LogP contribution in [0, 0.1) is 0 Å². The quantitative estimate of drug-likeness (QED) is 0.550. The van der Waals surface area contributed by atoms with Crippen molar-refractivity contribution in [3.63, 3.8) is 0 Å². The number of hydrogen-bond acceptors (Lipinski definition) is 6. The molecule has 1 unspecified atom stereocenters. The van der Waals surface area contributed by atoms with Gasteiger partial charge < -0.3 is 19.1 Å². The van der Waals surface area contributed by atoms with Crippen molar-refractivity contribution in [1.82, 2.24) is 9.88 Å². The Morgan fingerprint density at radius 2 is 1.88 bits per heavy atom. The van der Waals surface area contributed by atoms with Gasteiger partial charge in [-0.1, -0.05) is 24.3 Å². The van der Waals surface area contributed by atoms with Crippen LogP contribution >= 0.6 is 0 Å². The van der Waals surface area contributed by atoms with Crippen molar-refractivity contribution in [2.75, 3.05) is 26.4 Å². The summed E-state index contributed by atoms with van der Waals surface area (Å²) in [5.74, 6) is 0.825. The minimum absolute atomic E-state index is 0.0620. The summed E-state index contributed by atoms with van der Waals surface area (Å²) >= 11 is 0. The van der Waals surface area contributed by atoms with Crippen LogP contribution in [0.5, 0.6) is 11.5 Å². The second kappa shape index (κ2) is 8.63. The first-order valence-electron chi connectivity index (χ1n) is 12.0. The van der Waals surface area contributed by atoms with Crippen molar-refractivity contribution in [2.45, 2.75) is 38.1 Å². The summed E-state index contributed by atoms with van der Waals surface area (Å²) in [6.07, 6.45) is 4.42. The molecular weight excluding hydrogens is 432 g/mol. The molecule has 174 valence electrons. The second-order valence-corrected chi connectivity index (χ2v) is 9.01. The molecular formula is C27H26N2O5. The van der Waals surface area contributed by atoms with Crippen LogP contribution in [0.15, 0.2) is 42.5 Å². The normalized spacial score (nSPS) is 18.7. The number of esters is 1. The van der Waals surface area contributed by atoms with Crippen molar-refractivity contribution in [2.24, 2.45) is 0 Å². The highest BCUT2D eigenvalue weighted by Gasteiger charge is 2.32. The number of likely N-dealkylation sites (tertiary alicyclic amines) is 1. The Hall–Kier alpha value is -3.61. The zero-order chi connectivity index (χ0) is 23.1. The number of benzene rings is 2. The lowest BCUT2D eigenvalue weighted by atomic mass is 10.0. The van der Waals surface area contributed by atoms with Gasteiger partial charge in [-0.2, -0.15) is 0 Å². The number of rotatable bonds is 4. The molecule has 3 aliphatic rings. The Morgan fingerprint density at radius 3 is 2.79 bits per heavy atom. The minimum Gasteiger partial charge on any atom is -0.486 e. The van der Waals surface area contributed by atoms with Crippen molar-refractivity contribution in [3.05, 3.63) is 64.8 Å². The van der Waals surface area contributed by atoms with E-state index < -0.39 is 5.97 Å². The summed E-state index contributed by atoms with van der Waals surface area (Å²) in [7, 11) is 0. The average molecular weight is 459 g/mol. The molecule has 0 N–H and O–H groups in total. The van der Waals surface area contributed by atoms with Gasteiger partial charge in [-0.3, -0.25) is 9.78 Å². The van der Waals surface area contributed by atoms with E-state index in [0.717, 1.165) is 65.6 Å². The number of carbonyl (C=O) groups is 2. The lowest BCUT2D eigenvalue weighted by Gasteiger charge is -2.26. The number of carbonyl (C=O) groups excluding carboxylic acids is 2. The van der Waals surface area contributed by atoms with Crippen molar-refractivity contribution >= 4 is 22.8 Å². The standard InChI is InChI=1S/C27H26N2O5/c30-25(29-12-4-9-22(29)17-10-11-23-24(15-17)33-14-13-32-23)16-34-27(31)26-18-5-1-2-7-20(18)28-21-8-3-6-19(21)26/h1-2,5,7,10-11,15,22H,3-4,6,8-9,12-14,16H2. The first-order chi connectivity index (χ1) is 16.7. The van der Waals surface area contributed by atoms with Crippen LogP contribution in [0.25, 0.3) is 10.9 Å². The largest absolute Gasteiger partial charge is 0.486 e. The molecule has 6 rings (SSSR count). The number of nitrogens with zero attached hydrogens (tertiary/aromatic N) is 2. The topological polar surface area (TPSA) is 78.0 Å². The molecule has 1 fully saturated rings. The SMILES string of the molecule is O=C(OCC(=O)N1CCCC1c1ccc2c(c1)OCCO2)c1c2c(nc3ccccc13)CCC2. The molecule has 3 heterocycles. The Morgan fingerprint density at radius 1 is 1.03 bits per heavy atom. The van der Waals surface area contributed by atoms with Crippen molar-refractivity contribution in [1.29, 1.82) is 0 Å². The van der Waals surface area contributed by atoms with E-state index in [1.807, 2.05) is 47.4 Å². The van der Waals surface area contributed by atoms with Crippen LogP contribution in [0.4, 0.5) is 0 Å². The van der Waals surface area contributed by atoms with Gasteiger partial charge in [-0.25, -0.2) is 4.79 Å². The van der Waals surface area contributed by atoms with Crippen LogP contribution in [-0.2, 0) is 22.4 Å². The monoisotopic (exact) mass is 458 g/mol. The third-order valence-electron chi connectivity index (χ3n) is 6.97. The van der Waals surface area contributed by atoms with E-state index >= 15 is 0 Å². The highest BCUT2D eigenvalue weighted by molar-refractivity contribution is 6.05. The van der Waals surface area contributed by atoms with Gasteiger partial charge in [0.2, 0.25) is 0 Å². The fourth-order valence-electron chi connectivity index (χ4n) is 5.41. The van der Waals surface area contributed by atoms with Gasteiger partial charge in [-0.15, -0.1) is 0 Å². The number of hydrogen-bond donors (Lipinski definition) is 0. The number of para-hydroxylation sites is 1. The molecule has 2 aliphatic heterocycles. The predicted octanol–water partition coefficient (Wildman–Crippen LogP) is 4.02. The summed E-state index contributed by atoms with van der Waals surface area (Å²) in [4.78, 5) is 32.9. The van der Waals surface area contributed by atoms with Crippen LogP contribution in [0.1, 0.15) is 52.5 Å². The number of amides is 1. The summed E-state index contributed by atoms with van der Waals surface area (Å²) < 4.78 is 16.9. The molecule has 1 atom stereocenters. The maximum absolute atomic E-state index is 13.2. The number of fused-ring (bicyclic) bond motifs is 3. The van der Waals surface area contributed by atoms with E-state index in [1.165, 1.54) is 0 Å². The molecule has 34 heavy (non-hydrogen) atoms. The summed E-state index contributed by atoms with van der Waals surface area (Å²) in [6.45, 7) is 1.43. The van der Waals surface area contributed by atoms with Crippen LogP contribution in [0.3, 0.4) is 0 Å². The molecule has 1 saturated heterocycles. The highest BCUT2D eigenvalue weighted by atomic mass is 16.6. The average Bonchev–Trinajstić information content (AvgIpc) is 3.55. The van der Waals surface area contributed by atoms with Gasteiger partial charge >= 0.3 is 5.97 Å². The number of pyridine rings is 1. The van der Waals surface area contributed by atoms with Crippen molar-refractivity contribution < 1.29 is 23.8 Å². The maximum atomic E-state index is 13.2. The van der Waals surface area contributed by atoms with E-state index in [0.29, 0.717) is 31.1 Å². The summed E-state index contributed by atoms with van der Waals surface area (Å²) in [5, 5.41) is 0.788. The molecule has 0 radical (unpaired) electrons. The van der Waals surface area contributed by atoms with Gasteiger partial charge in [-0.05, 0) is 61.4 Å². The van der Waals surface area contributed by atoms with E-state index in [9.17, 15) is 9.59 Å². The molecule has 0 spiro atoms. The molecule has 3 aromatic rings. The smallest absolute Gasteiger partial charge is 0.339 e. The molecule has 7 nitrogen and oxygen atoms in total. The van der Waals surface area contributed by atoms with E-state index in [4.69, 9.17) is 19.2 Å². The van der Waals surface area contributed by atoms with Gasteiger partial charge in [0, 0.05) is 17.6 Å². The molecule has 1 aromatic heterocycles. The van der Waals surface area contributed by atoms with Gasteiger partial charge in [0.15, 0.2) is 18.1 Å². The first kappa shape index (κ1) is 21.0. The second-order valence-electron chi connectivity index (χ2n) is 9.01. The first-order valence-corrected chi connectivity index (χ1v) is 12.0. The Balaban J connectivity index is 1.20. The van der Waals surface area contributed by atoms with Crippen LogP contribution in [-0.4, -0.2) is 48.1 Å². The molecule has 1 aliphatic carbocycles. The summed E-state index contributed by atoms with van der Waals surface area (Å²) in [6, 6.07) is 13.4. The number of aromatic nitrogens is 1. The summed E-state index contributed by atoms with van der Waals surface area (Å²) in [5.41, 5.74) is 4.30. The molecule has 0 saturated carbocycles. The predicted molar refractivity (Wildman–Crippen MR) is 125 cm³/mol. The third kappa shape index (κ3) is 3.65. The highest BCUT2D eigenvalue weighted by Crippen LogP contribution is 2.38. The molecule has 2 aromatic carbocycles.